The topological polar surface area (TPSA) is 93.1 Å². The minimum Gasteiger partial charge on any atom is -0.421 e. The molecular formula is C24H30O6. The zero-order chi connectivity index (χ0) is 22.1. The Morgan fingerprint density at radius 3 is 1.63 bits per heavy atom. The highest BCUT2D eigenvalue weighted by atomic mass is 16.7. The van der Waals surface area contributed by atoms with Crippen LogP contribution < -0.4 is 0 Å². The van der Waals surface area contributed by atoms with Crippen molar-refractivity contribution in [3.63, 3.8) is 0 Å². The van der Waals surface area contributed by atoms with Gasteiger partial charge in [-0.05, 0) is 37.1 Å². The molecule has 3 unspecified atom stereocenters. The highest BCUT2D eigenvalue weighted by molar-refractivity contribution is 5.91. The number of aliphatic hydroxyl groups excluding tert-OH is 2. The van der Waals surface area contributed by atoms with E-state index in [2.05, 4.69) is 0 Å². The third-order valence-corrected chi connectivity index (χ3v) is 5.58. The summed E-state index contributed by atoms with van der Waals surface area (Å²) in [6, 6.07) is 16.7. The van der Waals surface area contributed by atoms with E-state index in [1.165, 1.54) is 0 Å². The molecule has 2 aromatic carbocycles. The first-order valence-corrected chi connectivity index (χ1v) is 10.2. The van der Waals surface area contributed by atoms with E-state index in [1.54, 1.807) is 67.6 Å². The Labute approximate surface area is 177 Å². The van der Waals surface area contributed by atoms with E-state index in [4.69, 9.17) is 9.47 Å². The number of esters is 2. The van der Waals surface area contributed by atoms with Gasteiger partial charge in [0.15, 0.2) is 0 Å². The average molecular weight is 414 g/mol. The second-order valence-electron chi connectivity index (χ2n) is 7.51. The lowest BCUT2D eigenvalue weighted by atomic mass is 9.74. The van der Waals surface area contributed by atoms with Crippen molar-refractivity contribution in [2.24, 2.45) is 5.41 Å². The van der Waals surface area contributed by atoms with Gasteiger partial charge in [-0.2, -0.15) is 0 Å². The van der Waals surface area contributed by atoms with Crippen molar-refractivity contribution in [2.45, 2.75) is 58.5 Å². The summed E-state index contributed by atoms with van der Waals surface area (Å²) in [6.45, 7) is 5.46. The SMILES string of the molecule is CCC(O)C(C)(CC)C(O)CC(OC(=O)c1ccccc1)OC(=O)c1ccccc1. The van der Waals surface area contributed by atoms with E-state index in [9.17, 15) is 19.8 Å². The smallest absolute Gasteiger partial charge is 0.341 e. The molecule has 6 nitrogen and oxygen atoms in total. The first-order valence-electron chi connectivity index (χ1n) is 10.2. The molecule has 0 aliphatic heterocycles. The van der Waals surface area contributed by atoms with Crippen LogP contribution in [-0.2, 0) is 9.47 Å². The van der Waals surface area contributed by atoms with Crippen molar-refractivity contribution >= 4 is 11.9 Å². The molecule has 3 atom stereocenters. The Balaban J connectivity index is 2.21. The molecule has 0 aromatic heterocycles. The number of rotatable bonds is 10. The van der Waals surface area contributed by atoms with Crippen LogP contribution >= 0.6 is 0 Å². The number of benzene rings is 2. The maximum atomic E-state index is 12.5. The fourth-order valence-electron chi connectivity index (χ4n) is 3.25. The zero-order valence-corrected chi connectivity index (χ0v) is 17.7. The van der Waals surface area contributed by atoms with Gasteiger partial charge in [0.25, 0.3) is 6.29 Å². The van der Waals surface area contributed by atoms with Gasteiger partial charge >= 0.3 is 11.9 Å². The molecule has 2 N–H and O–H groups in total. The molecule has 0 aliphatic rings. The molecule has 0 bridgehead atoms. The second-order valence-corrected chi connectivity index (χ2v) is 7.51. The van der Waals surface area contributed by atoms with Crippen molar-refractivity contribution in [2.75, 3.05) is 0 Å². The van der Waals surface area contributed by atoms with Gasteiger partial charge in [0, 0.05) is 11.8 Å². The van der Waals surface area contributed by atoms with Crippen molar-refractivity contribution in [3.8, 4) is 0 Å². The van der Waals surface area contributed by atoms with E-state index in [0.717, 1.165) is 0 Å². The molecule has 0 radical (unpaired) electrons. The normalized spacial score (nSPS) is 15.1. The lowest BCUT2D eigenvalue weighted by molar-refractivity contribution is -0.130. The molecule has 0 aliphatic carbocycles. The van der Waals surface area contributed by atoms with Gasteiger partial charge in [-0.25, -0.2) is 9.59 Å². The lowest BCUT2D eigenvalue weighted by Gasteiger charge is -2.38. The molecule has 2 rings (SSSR count). The predicted octanol–water partition coefficient (Wildman–Crippen LogP) is 3.96. The minimum atomic E-state index is -1.31. The van der Waals surface area contributed by atoms with Gasteiger partial charge in [0.2, 0.25) is 0 Å². The largest absolute Gasteiger partial charge is 0.421 e. The number of hydrogen-bond donors (Lipinski definition) is 2. The quantitative estimate of drug-likeness (QED) is 0.451. The van der Waals surface area contributed by atoms with Crippen LogP contribution in [0.4, 0.5) is 0 Å². The Hall–Kier alpha value is -2.70. The van der Waals surface area contributed by atoms with Gasteiger partial charge in [0.1, 0.15) is 0 Å². The highest BCUT2D eigenvalue weighted by Gasteiger charge is 2.40. The first kappa shape index (κ1) is 23.6. The van der Waals surface area contributed by atoms with Crippen LogP contribution in [0, 0.1) is 5.41 Å². The minimum absolute atomic E-state index is 0.154. The molecule has 0 heterocycles. The number of hydrogen-bond acceptors (Lipinski definition) is 6. The standard InChI is InChI=1S/C24H30O6/c1-4-19(25)24(3,5-2)20(26)16-21(29-22(27)17-12-8-6-9-13-17)30-23(28)18-14-10-7-11-15-18/h6-15,19-21,25-26H,4-5,16H2,1-3H3. The number of carbonyl (C=O) groups excluding carboxylic acids is 2. The van der Waals surface area contributed by atoms with Crippen molar-refractivity contribution in [1.29, 1.82) is 0 Å². The molecular weight excluding hydrogens is 384 g/mol. The van der Waals surface area contributed by atoms with Gasteiger partial charge < -0.3 is 19.7 Å². The lowest BCUT2D eigenvalue weighted by Crippen LogP contribution is -2.45. The summed E-state index contributed by atoms with van der Waals surface area (Å²) in [5.41, 5.74) is -0.232. The molecule has 0 saturated carbocycles. The Bertz CT molecular complexity index is 753. The average Bonchev–Trinajstić information content (AvgIpc) is 2.78. The van der Waals surface area contributed by atoms with E-state index in [0.29, 0.717) is 24.0 Å². The monoisotopic (exact) mass is 414 g/mol. The summed E-state index contributed by atoms with van der Waals surface area (Å²) in [6.07, 6.45) is -2.33. The van der Waals surface area contributed by atoms with Crippen molar-refractivity contribution < 1.29 is 29.3 Å². The summed E-state index contributed by atoms with van der Waals surface area (Å²) in [7, 11) is 0. The van der Waals surface area contributed by atoms with Crippen LogP contribution in [-0.4, -0.2) is 40.6 Å². The highest BCUT2D eigenvalue weighted by Crippen LogP contribution is 2.35. The molecule has 30 heavy (non-hydrogen) atoms. The van der Waals surface area contributed by atoms with Crippen LogP contribution in [0.15, 0.2) is 60.7 Å². The fraction of sp³-hybridized carbons (Fsp3) is 0.417. The molecule has 2 aromatic rings. The zero-order valence-electron chi connectivity index (χ0n) is 17.7. The molecule has 6 heteroatoms. The van der Waals surface area contributed by atoms with Crippen LogP contribution in [0.5, 0.6) is 0 Å². The molecule has 162 valence electrons. The van der Waals surface area contributed by atoms with Gasteiger partial charge in [-0.3, -0.25) is 0 Å². The maximum absolute atomic E-state index is 12.5. The Morgan fingerprint density at radius 1 is 0.833 bits per heavy atom. The van der Waals surface area contributed by atoms with E-state index in [1.807, 2.05) is 13.8 Å². The maximum Gasteiger partial charge on any atom is 0.341 e. The van der Waals surface area contributed by atoms with Crippen LogP contribution in [0.3, 0.4) is 0 Å². The van der Waals surface area contributed by atoms with Gasteiger partial charge in [-0.15, -0.1) is 0 Å². The molecule has 0 amide bonds. The third-order valence-electron chi connectivity index (χ3n) is 5.58. The van der Waals surface area contributed by atoms with Gasteiger partial charge in [-0.1, -0.05) is 57.2 Å². The van der Waals surface area contributed by atoms with E-state index in [-0.39, 0.29) is 6.42 Å². The van der Waals surface area contributed by atoms with Crippen molar-refractivity contribution in [1.82, 2.24) is 0 Å². The number of carbonyl (C=O) groups is 2. The third kappa shape index (κ3) is 5.90. The van der Waals surface area contributed by atoms with E-state index < -0.39 is 35.9 Å². The predicted molar refractivity (Wildman–Crippen MR) is 113 cm³/mol. The summed E-state index contributed by atoms with van der Waals surface area (Å²) in [5.74, 6) is -1.33. The summed E-state index contributed by atoms with van der Waals surface area (Å²) in [5, 5.41) is 21.3. The Kier molecular flexibility index (Phi) is 8.57. The van der Waals surface area contributed by atoms with Crippen LogP contribution in [0.2, 0.25) is 0 Å². The number of ether oxygens (including phenoxy) is 2. The van der Waals surface area contributed by atoms with Crippen LogP contribution in [0.25, 0.3) is 0 Å². The van der Waals surface area contributed by atoms with Gasteiger partial charge in [0.05, 0.1) is 23.3 Å². The van der Waals surface area contributed by atoms with Crippen molar-refractivity contribution in [3.05, 3.63) is 71.8 Å². The fourth-order valence-corrected chi connectivity index (χ4v) is 3.25. The first-order chi connectivity index (χ1) is 14.3. The molecule has 0 saturated heterocycles. The summed E-state index contributed by atoms with van der Waals surface area (Å²) >= 11 is 0. The molecule has 0 spiro atoms. The summed E-state index contributed by atoms with van der Waals surface area (Å²) < 4.78 is 10.9. The number of aliphatic hydroxyl groups is 2. The second kappa shape index (κ2) is 10.9. The van der Waals surface area contributed by atoms with E-state index >= 15 is 0 Å². The summed E-state index contributed by atoms with van der Waals surface area (Å²) in [4.78, 5) is 25.0. The Morgan fingerprint density at radius 2 is 1.27 bits per heavy atom. The van der Waals surface area contributed by atoms with Crippen LogP contribution in [0.1, 0.15) is 60.7 Å². The molecule has 0 fully saturated rings.